The maximum Gasteiger partial charge on any atom is 0.337 e. The molecule has 0 atom stereocenters. The second-order valence-electron chi connectivity index (χ2n) is 5.82. The van der Waals surface area contributed by atoms with Gasteiger partial charge in [-0.1, -0.05) is 42.5 Å². The Kier molecular flexibility index (Phi) is 5.27. The van der Waals surface area contributed by atoms with Crippen molar-refractivity contribution in [3.05, 3.63) is 65.7 Å². The van der Waals surface area contributed by atoms with Gasteiger partial charge < -0.3 is 24.2 Å². The second-order valence-corrected chi connectivity index (χ2v) is 7.39. The highest BCUT2D eigenvalue weighted by molar-refractivity contribution is 7.86. The molecule has 146 valence electrons. The molecule has 3 rings (SSSR count). The van der Waals surface area contributed by atoms with Gasteiger partial charge in [-0.05, 0) is 17.7 Å². The number of carbonyl (C=O) groups is 1. The zero-order valence-corrected chi connectivity index (χ0v) is 15.6. The van der Waals surface area contributed by atoms with Crippen molar-refractivity contribution in [2.45, 2.75) is 5.75 Å². The van der Waals surface area contributed by atoms with Crippen LogP contribution in [0.3, 0.4) is 0 Å². The van der Waals surface area contributed by atoms with E-state index in [-0.39, 0.29) is 11.3 Å². The highest BCUT2D eigenvalue weighted by Gasteiger charge is 2.26. The van der Waals surface area contributed by atoms with Crippen LogP contribution < -0.4 is 9.92 Å². The number of benzene rings is 2. The van der Waals surface area contributed by atoms with E-state index >= 15 is 0 Å². The van der Waals surface area contributed by atoms with E-state index in [9.17, 15) is 18.3 Å². The number of rotatable bonds is 6. The van der Waals surface area contributed by atoms with Crippen molar-refractivity contribution >= 4 is 22.0 Å². The van der Waals surface area contributed by atoms with E-state index in [1.807, 2.05) is 0 Å². The normalized spacial score (nSPS) is 11.2. The van der Waals surface area contributed by atoms with Gasteiger partial charge in [0.25, 0.3) is 0 Å². The maximum atomic E-state index is 12.3. The summed E-state index contributed by atoms with van der Waals surface area (Å²) in [4.78, 5) is 11.7. The summed E-state index contributed by atoms with van der Waals surface area (Å²) in [6.45, 7) is 0. The summed E-state index contributed by atoms with van der Waals surface area (Å²) in [7, 11) is -2.86. The molecule has 2 aromatic carbocycles. The second kappa shape index (κ2) is 7.65. The molecule has 9 heteroatoms. The summed E-state index contributed by atoms with van der Waals surface area (Å²) in [5.74, 6) is -2.63. The van der Waals surface area contributed by atoms with Crippen LogP contribution in [0.2, 0.25) is 0 Å². The third-order valence-corrected chi connectivity index (χ3v) is 4.92. The van der Waals surface area contributed by atoms with Crippen molar-refractivity contribution in [1.82, 2.24) is 0 Å². The Hall–Kier alpha value is -3.46. The predicted molar refractivity (Wildman–Crippen MR) is 101 cm³/mol. The molecular formula is C19H17NO7S. The molecule has 0 fully saturated rings. The smallest absolute Gasteiger partial charge is 0.337 e. The van der Waals surface area contributed by atoms with Crippen LogP contribution in [0.5, 0.6) is 11.5 Å². The van der Waals surface area contributed by atoms with Gasteiger partial charge in [0.15, 0.2) is 5.76 Å². The van der Waals surface area contributed by atoms with Gasteiger partial charge >= 0.3 is 16.1 Å². The number of hydrogen-bond acceptors (Lipinski definition) is 8. The summed E-state index contributed by atoms with van der Waals surface area (Å²) in [5.41, 5.74) is 6.72. The molecule has 0 saturated heterocycles. The third-order valence-electron chi connectivity index (χ3n) is 3.81. The number of aromatic hydroxyl groups is 1. The van der Waals surface area contributed by atoms with E-state index in [0.29, 0.717) is 11.1 Å². The number of methoxy groups -OCH3 is 1. The molecule has 3 N–H and O–H groups in total. The average Bonchev–Trinajstić information content (AvgIpc) is 2.95. The summed E-state index contributed by atoms with van der Waals surface area (Å²) >= 11 is 0. The van der Waals surface area contributed by atoms with Gasteiger partial charge in [-0.3, -0.25) is 0 Å². The third kappa shape index (κ3) is 4.09. The monoisotopic (exact) mass is 403 g/mol. The minimum Gasteiger partial charge on any atom is -0.501 e. The number of nitrogen functional groups attached to an aromatic ring is 1. The average molecular weight is 403 g/mol. The SMILES string of the molecule is COC(=O)c1cccc(-c2oc(N)c(OS(=O)(=O)Cc3ccccc3)c2O)c1. The Balaban J connectivity index is 1.91. The lowest BCUT2D eigenvalue weighted by atomic mass is 10.1. The number of anilines is 1. The van der Waals surface area contributed by atoms with Crippen LogP contribution in [-0.2, 0) is 20.6 Å². The first kappa shape index (κ1) is 19.3. The molecule has 0 aliphatic carbocycles. The molecule has 0 radical (unpaired) electrons. The summed E-state index contributed by atoms with van der Waals surface area (Å²) in [5, 5.41) is 10.4. The molecule has 1 aromatic heterocycles. The lowest BCUT2D eigenvalue weighted by Crippen LogP contribution is -2.12. The summed E-state index contributed by atoms with van der Waals surface area (Å²) in [6.07, 6.45) is 0. The molecular weight excluding hydrogens is 386 g/mol. The maximum absolute atomic E-state index is 12.3. The molecule has 1 heterocycles. The molecule has 3 aromatic rings. The van der Waals surface area contributed by atoms with Crippen LogP contribution in [0, 0.1) is 0 Å². The number of esters is 1. The molecule has 0 bridgehead atoms. The minimum absolute atomic E-state index is 0.131. The number of nitrogens with two attached hydrogens (primary N) is 1. The molecule has 0 unspecified atom stereocenters. The summed E-state index contributed by atoms with van der Waals surface area (Å²) < 4.78 is 39.5. The fourth-order valence-electron chi connectivity index (χ4n) is 2.54. The minimum atomic E-state index is -4.10. The van der Waals surface area contributed by atoms with Crippen molar-refractivity contribution in [3.63, 3.8) is 0 Å². The van der Waals surface area contributed by atoms with Gasteiger partial charge in [-0.15, -0.1) is 0 Å². The molecule has 0 aliphatic heterocycles. The first-order valence-electron chi connectivity index (χ1n) is 8.07. The van der Waals surface area contributed by atoms with Crippen LogP contribution in [0.1, 0.15) is 15.9 Å². The Morgan fingerprint density at radius 2 is 1.86 bits per heavy atom. The number of carbonyl (C=O) groups excluding carboxylic acids is 1. The highest BCUT2D eigenvalue weighted by Crippen LogP contribution is 2.45. The Morgan fingerprint density at radius 3 is 2.54 bits per heavy atom. The quantitative estimate of drug-likeness (QED) is 0.475. The van der Waals surface area contributed by atoms with Crippen molar-refractivity contribution in [2.24, 2.45) is 0 Å². The van der Waals surface area contributed by atoms with E-state index < -0.39 is 39.2 Å². The molecule has 8 nitrogen and oxygen atoms in total. The van der Waals surface area contributed by atoms with Crippen LogP contribution in [0.25, 0.3) is 11.3 Å². The van der Waals surface area contributed by atoms with Gasteiger partial charge in [-0.25, -0.2) is 4.79 Å². The summed E-state index contributed by atoms with van der Waals surface area (Å²) in [6, 6.07) is 14.4. The fraction of sp³-hybridized carbons (Fsp3) is 0.105. The standard InChI is InChI=1S/C19H17NO7S/c1-25-19(22)14-9-5-8-13(10-14)16-15(21)17(18(20)26-16)27-28(23,24)11-12-6-3-2-4-7-12/h2-10,21H,11,20H2,1H3. The lowest BCUT2D eigenvalue weighted by molar-refractivity contribution is 0.0600. The van der Waals surface area contributed by atoms with E-state index in [1.165, 1.54) is 19.2 Å². The first-order valence-corrected chi connectivity index (χ1v) is 9.64. The highest BCUT2D eigenvalue weighted by atomic mass is 32.2. The lowest BCUT2D eigenvalue weighted by Gasteiger charge is -2.06. The van der Waals surface area contributed by atoms with Gasteiger partial charge in [-0.2, -0.15) is 8.42 Å². The van der Waals surface area contributed by atoms with Gasteiger partial charge in [0, 0.05) is 5.56 Å². The largest absolute Gasteiger partial charge is 0.501 e. The van der Waals surface area contributed by atoms with Crippen molar-refractivity contribution in [2.75, 3.05) is 12.8 Å². The zero-order chi connectivity index (χ0) is 20.3. The Labute approximate surface area is 161 Å². The topological polar surface area (TPSA) is 129 Å². The van der Waals surface area contributed by atoms with Crippen LogP contribution in [0.15, 0.2) is 59.0 Å². The van der Waals surface area contributed by atoms with Crippen molar-refractivity contribution in [3.8, 4) is 22.8 Å². The molecule has 0 saturated carbocycles. The van der Waals surface area contributed by atoms with Gasteiger partial charge in [0.1, 0.15) is 5.75 Å². The fourth-order valence-corrected chi connectivity index (χ4v) is 3.62. The van der Waals surface area contributed by atoms with Crippen LogP contribution >= 0.6 is 0 Å². The zero-order valence-electron chi connectivity index (χ0n) is 14.8. The molecule has 0 spiro atoms. The van der Waals surface area contributed by atoms with Gasteiger partial charge in [0.2, 0.25) is 17.4 Å². The van der Waals surface area contributed by atoms with Gasteiger partial charge in [0.05, 0.1) is 12.7 Å². The predicted octanol–water partition coefficient (Wildman–Crippen LogP) is 2.93. The van der Waals surface area contributed by atoms with Crippen molar-refractivity contribution < 1.29 is 31.7 Å². The van der Waals surface area contributed by atoms with E-state index in [1.54, 1.807) is 42.5 Å². The molecule has 0 amide bonds. The van der Waals surface area contributed by atoms with Crippen LogP contribution in [0.4, 0.5) is 5.88 Å². The number of furan rings is 1. The van der Waals surface area contributed by atoms with Crippen molar-refractivity contribution in [1.29, 1.82) is 0 Å². The number of hydrogen-bond donors (Lipinski definition) is 2. The molecule has 0 aliphatic rings. The first-order chi connectivity index (χ1) is 13.3. The van der Waals surface area contributed by atoms with E-state index in [0.717, 1.165) is 0 Å². The number of ether oxygens (including phenoxy) is 1. The molecule has 28 heavy (non-hydrogen) atoms. The Morgan fingerprint density at radius 1 is 1.14 bits per heavy atom. The van der Waals surface area contributed by atoms with E-state index in [2.05, 4.69) is 4.74 Å². The Bertz CT molecular complexity index is 1100. The van der Waals surface area contributed by atoms with Crippen LogP contribution in [-0.4, -0.2) is 26.6 Å². The van der Waals surface area contributed by atoms with E-state index in [4.69, 9.17) is 14.3 Å².